The van der Waals surface area contributed by atoms with E-state index < -0.39 is 0 Å². The van der Waals surface area contributed by atoms with E-state index in [0.717, 1.165) is 43.6 Å². The summed E-state index contributed by atoms with van der Waals surface area (Å²) in [6.07, 6.45) is 0.876. The van der Waals surface area contributed by atoms with Gasteiger partial charge in [-0.25, -0.2) is 4.99 Å². The third-order valence-electron chi connectivity index (χ3n) is 3.18. The second-order valence-corrected chi connectivity index (χ2v) is 4.99. The average molecular weight is 307 g/mol. The van der Waals surface area contributed by atoms with Crippen molar-refractivity contribution in [2.45, 2.75) is 19.4 Å². The van der Waals surface area contributed by atoms with Gasteiger partial charge in [-0.15, -0.1) is 0 Å². The van der Waals surface area contributed by atoms with Gasteiger partial charge < -0.3 is 24.8 Å². The van der Waals surface area contributed by atoms with Crippen LogP contribution in [0, 0.1) is 0 Å². The zero-order chi connectivity index (χ0) is 15.6. The predicted octanol–water partition coefficient (Wildman–Crippen LogP) is 1.42. The summed E-state index contributed by atoms with van der Waals surface area (Å²) in [5, 5.41) is 6.50. The zero-order valence-electron chi connectivity index (χ0n) is 13.3. The molecule has 1 aliphatic heterocycles. The van der Waals surface area contributed by atoms with E-state index >= 15 is 0 Å². The summed E-state index contributed by atoms with van der Waals surface area (Å²) in [7, 11) is 1.71. The summed E-state index contributed by atoms with van der Waals surface area (Å²) in [5.41, 5.74) is 0. The van der Waals surface area contributed by atoms with Crippen molar-refractivity contribution in [2.24, 2.45) is 4.99 Å². The molecule has 1 atom stereocenters. The Morgan fingerprint density at radius 1 is 1.32 bits per heavy atom. The molecule has 0 fully saturated rings. The van der Waals surface area contributed by atoms with Crippen LogP contribution in [-0.2, 0) is 4.74 Å². The number of nitrogens with one attached hydrogen (secondary N) is 2. The van der Waals surface area contributed by atoms with Crippen molar-refractivity contribution < 1.29 is 14.2 Å². The van der Waals surface area contributed by atoms with E-state index in [0.29, 0.717) is 13.2 Å². The molecule has 0 bridgehead atoms. The van der Waals surface area contributed by atoms with Gasteiger partial charge in [0.1, 0.15) is 6.61 Å². The van der Waals surface area contributed by atoms with E-state index in [2.05, 4.69) is 15.6 Å². The SMILES string of the molecule is CCNC(=NCC1COc2ccccc2O1)NCCCOC. The number of hydrogen-bond donors (Lipinski definition) is 2. The van der Waals surface area contributed by atoms with E-state index in [4.69, 9.17) is 14.2 Å². The minimum atomic E-state index is -0.0654. The number of para-hydroxylation sites is 2. The molecule has 2 rings (SSSR count). The van der Waals surface area contributed by atoms with Gasteiger partial charge in [-0.3, -0.25) is 0 Å². The second kappa shape index (κ2) is 9.15. The number of aliphatic imine (C=N–C) groups is 1. The quantitative estimate of drug-likeness (QED) is 0.453. The first-order valence-corrected chi connectivity index (χ1v) is 7.73. The standard InChI is InChI=1S/C16H25N3O3/c1-3-17-16(18-9-6-10-20-2)19-11-13-12-21-14-7-4-5-8-15(14)22-13/h4-5,7-8,13H,3,6,9-12H2,1-2H3,(H2,17,18,19). The van der Waals surface area contributed by atoms with Crippen LogP contribution in [0.3, 0.4) is 0 Å². The minimum absolute atomic E-state index is 0.0654. The fourth-order valence-corrected chi connectivity index (χ4v) is 2.11. The maximum atomic E-state index is 5.90. The smallest absolute Gasteiger partial charge is 0.191 e. The maximum Gasteiger partial charge on any atom is 0.191 e. The minimum Gasteiger partial charge on any atom is -0.486 e. The molecule has 22 heavy (non-hydrogen) atoms. The van der Waals surface area contributed by atoms with Crippen LogP contribution in [0.1, 0.15) is 13.3 Å². The molecule has 1 unspecified atom stereocenters. The molecular weight excluding hydrogens is 282 g/mol. The van der Waals surface area contributed by atoms with E-state index in [9.17, 15) is 0 Å². The van der Waals surface area contributed by atoms with Crippen molar-refractivity contribution in [2.75, 3.05) is 40.0 Å². The molecule has 0 radical (unpaired) electrons. The molecule has 1 aromatic rings. The Kier molecular flexibility index (Phi) is 6.83. The number of nitrogens with zero attached hydrogens (tertiary/aromatic N) is 1. The van der Waals surface area contributed by atoms with E-state index in [-0.39, 0.29) is 6.10 Å². The lowest BCUT2D eigenvalue weighted by atomic mass is 10.2. The number of guanidine groups is 1. The first kappa shape index (κ1) is 16.4. The molecule has 0 aromatic heterocycles. The number of rotatable bonds is 7. The molecule has 6 heteroatoms. The molecule has 1 aliphatic rings. The van der Waals surface area contributed by atoms with E-state index in [1.165, 1.54) is 0 Å². The first-order valence-electron chi connectivity index (χ1n) is 7.73. The van der Waals surface area contributed by atoms with Gasteiger partial charge in [0.15, 0.2) is 23.6 Å². The van der Waals surface area contributed by atoms with Crippen molar-refractivity contribution in [3.8, 4) is 11.5 Å². The van der Waals surface area contributed by atoms with E-state index in [1.54, 1.807) is 7.11 Å². The molecule has 0 saturated heterocycles. The summed E-state index contributed by atoms with van der Waals surface area (Å²) in [6.45, 7) is 5.49. The Morgan fingerprint density at radius 3 is 2.91 bits per heavy atom. The van der Waals surface area contributed by atoms with Crippen LogP contribution < -0.4 is 20.1 Å². The number of hydrogen-bond acceptors (Lipinski definition) is 4. The van der Waals surface area contributed by atoms with Crippen molar-refractivity contribution >= 4 is 5.96 Å². The molecule has 0 saturated carbocycles. The molecule has 1 aromatic carbocycles. The van der Waals surface area contributed by atoms with Crippen molar-refractivity contribution in [3.63, 3.8) is 0 Å². The van der Waals surface area contributed by atoms with Gasteiger partial charge in [0.25, 0.3) is 0 Å². The first-order chi connectivity index (χ1) is 10.8. The van der Waals surface area contributed by atoms with E-state index in [1.807, 2.05) is 31.2 Å². The third-order valence-corrected chi connectivity index (χ3v) is 3.18. The average Bonchev–Trinajstić information content (AvgIpc) is 2.56. The highest BCUT2D eigenvalue weighted by molar-refractivity contribution is 5.79. The lowest BCUT2D eigenvalue weighted by molar-refractivity contribution is 0.0971. The van der Waals surface area contributed by atoms with Gasteiger partial charge in [-0.2, -0.15) is 0 Å². The second-order valence-electron chi connectivity index (χ2n) is 4.99. The fourth-order valence-electron chi connectivity index (χ4n) is 2.11. The third kappa shape index (κ3) is 5.11. The van der Waals surface area contributed by atoms with Gasteiger partial charge in [0.05, 0.1) is 6.54 Å². The normalized spacial score (nSPS) is 17.2. The van der Waals surface area contributed by atoms with Crippen molar-refractivity contribution in [3.05, 3.63) is 24.3 Å². The lowest BCUT2D eigenvalue weighted by Crippen LogP contribution is -2.40. The lowest BCUT2D eigenvalue weighted by Gasteiger charge is -2.25. The highest BCUT2D eigenvalue weighted by atomic mass is 16.6. The molecule has 0 amide bonds. The molecule has 2 N–H and O–H groups in total. The summed E-state index contributed by atoms with van der Waals surface area (Å²) in [6, 6.07) is 7.71. The Labute approximate surface area is 131 Å². The summed E-state index contributed by atoms with van der Waals surface area (Å²) < 4.78 is 16.6. The van der Waals surface area contributed by atoms with Crippen molar-refractivity contribution in [1.29, 1.82) is 0 Å². The van der Waals surface area contributed by atoms with Crippen LogP contribution in [-0.4, -0.2) is 52.0 Å². The van der Waals surface area contributed by atoms with Crippen LogP contribution >= 0.6 is 0 Å². The number of benzene rings is 1. The van der Waals surface area contributed by atoms with Crippen LogP contribution in [0.4, 0.5) is 0 Å². The molecule has 122 valence electrons. The summed E-state index contributed by atoms with van der Waals surface area (Å²) in [5.74, 6) is 2.38. The number of methoxy groups -OCH3 is 1. The highest BCUT2D eigenvalue weighted by Crippen LogP contribution is 2.30. The largest absolute Gasteiger partial charge is 0.486 e. The number of ether oxygens (including phenoxy) is 3. The maximum absolute atomic E-state index is 5.90. The Balaban J connectivity index is 1.83. The van der Waals surface area contributed by atoms with Gasteiger partial charge in [-0.1, -0.05) is 12.1 Å². The van der Waals surface area contributed by atoms with Crippen LogP contribution in [0.5, 0.6) is 11.5 Å². The molecular formula is C16H25N3O3. The predicted molar refractivity (Wildman–Crippen MR) is 86.8 cm³/mol. The molecule has 0 aliphatic carbocycles. The highest BCUT2D eigenvalue weighted by Gasteiger charge is 2.20. The van der Waals surface area contributed by atoms with Crippen molar-refractivity contribution in [1.82, 2.24) is 10.6 Å². The Bertz CT molecular complexity index is 479. The zero-order valence-corrected chi connectivity index (χ0v) is 13.3. The van der Waals surface area contributed by atoms with Crippen LogP contribution in [0.25, 0.3) is 0 Å². The fraction of sp³-hybridized carbons (Fsp3) is 0.562. The van der Waals surface area contributed by atoms with Gasteiger partial charge in [-0.05, 0) is 25.5 Å². The Morgan fingerprint density at radius 2 is 2.14 bits per heavy atom. The molecule has 1 heterocycles. The Hall–Kier alpha value is -1.95. The van der Waals surface area contributed by atoms with Gasteiger partial charge >= 0.3 is 0 Å². The summed E-state index contributed by atoms with van der Waals surface area (Å²) >= 11 is 0. The van der Waals surface area contributed by atoms with Crippen LogP contribution in [0.2, 0.25) is 0 Å². The monoisotopic (exact) mass is 307 g/mol. The molecule has 6 nitrogen and oxygen atoms in total. The summed E-state index contributed by atoms with van der Waals surface area (Å²) in [4.78, 5) is 4.56. The topological polar surface area (TPSA) is 64.1 Å². The van der Waals surface area contributed by atoms with Gasteiger partial charge in [0, 0.05) is 26.8 Å². The van der Waals surface area contributed by atoms with Crippen LogP contribution in [0.15, 0.2) is 29.3 Å². The molecule has 0 spiro atoms. The number of fused-ring (bicyclic) bond motifs is 1. The van der Waals surface area contributed by atoms with Gasteiger partial charge in [0.2, 0.25) is 0 Å².